The van der Waals surface area contributed by atoms with Crippen molar-refractivity contribution in [2.75, 3.05) is 26.7 Å². The maximum atomic E-state index is 12.5. The van der Waals surface area contributed by atoms with Crippen molar-refractivity contribution >= 4 is 23.2 Å². The number of hydrogen-bond acceptors (Lipinski definition) is 4. The Hall–Kier alpha value is -1.40. The Morgan fingerprint density at radius 3 is 2.75 bits per heavy atom. The van der Waals surface area contributed by atoms with Crippen LogP contribution in [-0.2, 0) is 16.0 Å². The van der Waals surface area contributed by atoms with E-state index >= 15 is 0 Å². The minimum atomic E-state index is -0.281. The zero-order chi connectivity index (χ0) is 17.9. The average Bonchev–Trinajstić information content (AvgIpc) is 2.93. The highest BCUT2D eigenvalue weighted by atomic mass is 32.1. The molecule has 1 N–H and O–H groups in total. The van der Waals surface area contributed by atoms with Gasteiger partial charge in [0.05, 0.1) is 13.1 Å². The van der Waals surface area contributed by atoms with Gasteiger partial charge in [-0.3, -0.25) is 14.5 Å². The van der Waals surface area contributed by atoms with Crippen molar-refractivity contribution in [3.05, 3.63) is 21.9 Å². The predicted molar refractivity (Wildman–Crippen MR) is 98.2 cm³/mol. The lowest BCUT2D eigenvalue weighted by atomic mass is 9.98. The number of rotatable bonds is 5. The highest BCUT2D eigenvalue weighted by molar-refractivity contribution is 7.10. The predicted octanol–water partition coefficient (Wildman–Crippen LogP) is 2.43. The van der Waals surface area contributed by atoms with Crippen molar-refractivity contribution in [1.29, 1.82) is 0 Å². The summed E-state index contributed by atoms with van der Waals surface area (Å²) in [6.45, 7) is 9.34. The molecule has 1 aromatic rings. The Morgan fingerprint density at radius 2 is 2.12 bits per heavy atom. The molecule has 2 rings (SSSR count). The lowest BCUT2D eigenvalue weighted by Crippen LogP contribution is -2.48. The van der Waals surface area contributed by atoms with E-state index in [0.717, 1.165) is 19.4 Å². The van der Waals surface area contributed by atoms with Crippen LogP contribution < -0.4 is 5.32 Å². The second-order valence-corrected chi connectivity index (χ2v) is 8.49. The molecular weight excluding hydrogens is 322 g/mol. The quantitative estimate of drug-likeness (QED) is 0.886. The fourth-order valence-corrected chi connectivity index (χ4v) is 4.10. The number of amides is 2. The van der Waals surface area contributed by atoms with E-state index in [-0.39, 0.29) is 23.9 Å². The summed E-state index contributed by atoms with van der Waals surface area (Å²) in [7, 11) is 1.70. The molecule has 6 heteroatoms. The number of fused-ring (bicyclic) bond motifs is 1. The number of nitrogens with zero attached hydrogens (tertiary/aromatic N) is 2. The Labute approximate surface area is 149 Å². The van der Waals surface area contributed by atoms with Crippen molar-refractivity contribution in [3.8, 4) is 0 Å². The molecule has 1 aliphatic heterocycles. The highest BCUT2D eigenvalue weighted by Crippen LogP contribution is 2.34. The van der Waals surface area contributed by atoms with Crippen LogP contribution in [0.5, 0.6) is 0 Å². The van der Waals surface area contributed by atoms with Gasteiger partial charge in [-0.1, -0.05) is 6.92 Å². The number of likely N-dealkylation sites (N-methyl/N-ethyl adjacent to an activating group) is 1. The summed E-state index contributed by atoms with van der Waals surface area (Å²) in [5.41, 5.74) is 1.09. The zero-order valence-electron chi connectivity index (χ0n) is 15.4. The Balaban J connectivity index is 1.93. The first-order valence-electron chi connectivity index (χ1n) is 8.56. The van der Waals surface area contributed by atoms with Crippen molar-refractivity contribution in [1.82, 2.24) is 15.1 Å². The second-order valence-electron chi connectivity index (χ2n) is 7.49. The maximum absolute atomic E-state index is 12.5. The second kappa shape index (κ2) is 7.66. The first-order valence-corrected chi connectivity index (χ1v) is 9.44. The van der Waals surface area contributed by atoms with Gasteiger partial charge in [0, 0.05) is 30.1 Å². The first kappa shape index (κ1) is 18.9. The van der Waals surface area contributed by atoms with Crippen molar-refractivity contribution in [2.24, 2.45) is 0 Å². The number of hydrogen-bond donors (Lipinski definition) is 1. The van der Waals surface area contributed by atoms with Gasteiger partial charge in [-0.2, -0.15) is 0 Å². The lowest BCUT2D eigenvalue weighted by Gasteiger charge is -2.35. The molecule has 0 fully saturated rings. The molecule has 2 heterocycles. The normalized spacial score (nSPS) is 18.1. The molecule has 0 saturated heterocycles. The van der Waals surface area contributed by atoms with E-state index in [1.807, 2.05) is 32.1 Å². The molecule has 0 spiro atoms. The van der Waals surface area contributed by atoms with E-state index in [2.05, 4.69) is 28.6 Å². The third-order valence-corrected chi connectivity index (χ3v) is 5.25. The molecule has 0 aromatic carbocycles. The van der Waals surface area contributed by atoms with Gasteiger partial charge in [-0.05, 0) is 50.6 Å². The molecule has 0 radical (unpaired) electrons. The summed E-state index contributed by atoms with van der Waals surface area (Å²) in [6, 6.07) is 2.49. The van der Waals surface area contributed by atoms with Crippen LogP contribution in [0.15, 0.2) is 11.4 Å². The Morgan fingerprint density at radius 1 is 1.42 bits per heavy atom. The van der Waals surface area contributed by atoms with E-state index in [9.17, 15) is 9.59 Å². The van der Waals surface area contributed by atoms with Gasteiger partial charge in [-0.25, -0.2) is 0 Å². The van der Waals surface area contributed by atoms with Gasteiger partial charge in [0.15, 0.2) is 0 Å². The summed E-state index contributed by atoms with van der Waals surface area (Å²) in [4.78, 5) is 29.7. The molecule has 2 amide bonds. The first-order chi connectivity index (χ1) is 11.2. The van der Waals surface area contributed by atoms with E-state index < -0.39 is 0 Å². The van der Waals surface area contributed by atoms with Gasteiger partial charge >= 0.3 is 0 Å². The molecule has 0 bridgehead atoms. The van der Waals surface area contributed by atoms with Crippen LogP contribution in [0.2, 0.25) is 0 Å². The number of nitrogens with one attached hydrogen (secondary N) is 1. The van der Waals surface area contributed by atoms with Gasteiger partial charge in [0.1, 0.15) is 0 Å². The third kappa shape index (κ3) is 4.80. The van der Waals surface area contributed by atoms with Gasteiger partial charge in [0.25, 0.3) is 0 Å². The Kier molecular flexibility index (Phi) is 6.04. The molecule has 1 aliphatic rings. The monoisotopic (exact) mass is 351 g/mol. The summed E-state index contributed by atoms with van der Waals surface area (Å²) in [6.07, 6.45) is 2.00. The van der Waals surface area contributed by atoms with E-state index in [1.54, 1.807) is 7.05 Å². The SMILES string of the molecule is CC[C@H]1c2ccsc2CCN1CC(=O)N(C)CC(=O)NC(C)(C)C. The van der Waals surface area contributed by atoms with E-state index in [0.29, 0.717) is 12.6 Å². The smallest absolute Gasteiger partial charge is 0.240 e. The Bertz CT molecular complexity index is 591. The number of carbonyl (C=O) groups is 2. The van der Waals surface area contributed by atoms with Crippen molar-refractivity contribution in [3.63, 3.8) is 0 Å². The molecule has 1 aromatic heterocycles. The molecule has 0 unspecified atom stereocenters. The van der Waals surface area contributed by atoms with Gasteiger partial charge in [-0.15, -0.1) is 11.3 Å². The highest BCUT2D eigenvalue weighted by Gasteiger charge is 2.29. The van der Waals surface area contributed by atoms with E-state index in [4.69, 9.17) is 0 Å². The van der Waals surface area contributed by atoms with Gasteiger partial charge < -0.3 is 10.2 Å². The molecule has 5 nitrogen and oxygen atoms in total. The molecule has 0 saturated carbocycles. The number of carbonyl (C=O) groups excluding carboxylic acids is 2. The fraction of sp³-hybridized carbons (Fsp3) is 0.667. The van der Waals surface area contributed by atoms with Crippen molar-refractivity contribution in [2.45, 2.75) is 52.1 Å². The zero-order valence-corrected chi connectivity index (χ0v) is 16.2. The van der Waals surface area contributed by atoms with E-state index in [1.165, 1.54) is 15.3 Å². The van der Waals surface area contributed by atoms with Crippen LogP contribution in [0.25, 0.3) is 0 Å². The minimum absolute atomic E-state index is 0.00353. The lowest BCUT2D eigenvalue weighted by molar-refractivity contribution is -0.136. The van der Waals surface area contributed by atoms with Crippen LogP contribution in [-0.4, -0.2) is 53.8 Å². The molecule has 134 valence electrons. The minimum Gasteiger partial charge on any atom is -0.350 e. The summed E-state index contributed by atoms with van der Waals surface area (Å²) < 4.78 is 0. The largest absolute Gasteiger partial charge is 0.350 e. The van der Waals surface area contributed by atoms with Crippen molar-refractivity contribution < 1.29 is 9.59 Å². The van der Waals surface area contributed by atoms with Crippen LogP contribution in [0.4, 0.5) is 0 Å². The summed E-state index contributed by atoms with van der Waals surface area (Å²) >= 11 is 1.81. The average molecular weight is 352 g/mol. The number of thiophene rings is 1. The van der Waals surface area contributed by atoms with Gasteiger partial charge in [0.2, 0.25) is 11.8 Å². The topological polar surface area (TPSA) is 52.7 Å². The van der Waals surface area contributed by atoms with Crippen LogP contribution >= 0.6 is 11.3 Å². The molecular formula is C18H29N3O2S. The third-order valence-electron chi connectivity index (χ3n) is 4.25. The fourth-order valence-electron chi connectivity index (χ4n) is 3.17. The molecule has 0 aliphatic carbocycles. The maximum Gasteiger partial charge on any atom is 0.240 e. The van der Waals surface area contributed by atoms with Crippen LogP contribution in [0.1, 0.15) is 50.6 Å². The summed E-state index contributed by atoms with van der Waals surface area (Å²) in [5.74, 6) is -0.125. The standard InChI is InChI=1S/C18H29N3O2S/c1-6-14-13-8-10-24-15(13)7-9-21(14)12-17(23)20(5)11-16(22)19-18(2,3)4/h8,10,14H,6-7,9,11-12H2,1-5H3,(H,19,22)/t14-/m0/s1. The molecule has 24 heavy (non-hydrogen) atoms. The summed E-state index contributed by atoms with van der Waals surface area (Å²) in [5, 5.41) is 5.03. The van der Waals surface area contributed by atoms with Crippen LogP contribution in [0.3, 0.4) is 0 Å². The van der Waals surface area contributed by atoms with Crippen LogP contribution in [0, 0.1) is 0 Å². The molecule has 1 atom stereocenters.